The second-order valence-electron chi connectivity index (χ2n) is 8.35. The van der Waals surface area contributed by atoms with Gasteiger partial charge in [-0.15, -0.1) is 11.3 Å². The van der Waals surface area contributed by atoms with Crippen LogP contribution in [0.2, 0.25) is 0 Å². The minimum absolute atomic E-state index is 0.00524. The second kappa shape index (κ2) is 9.21. The Kier molecular flexibility index (Phi) is 6.27. The zero-order chi connectivity index (χ0) is 23.9. The van der Waals surface area contributed by atoms with Crippen molar-refractivity contribution < 1.29 is 18.1 Å². The van der Waals surface area contributed by atoms with Crippen LogP contribution in [0.4, 0.5) is 10.8 Å². The molecule has 2 aliphatic rings. The third kappa shape index (κ3) is 4.40. The van der Waals surface area contributed by atoms with Crippen molar-refractivity contribution in [1.29, 1.82) is 0 Å². The highest BCUT2D eigenvalue weighted by atomic mass is 32.2. The molecule has 1 amide bonds. The van der Waals surface area contributed by atoms with Crippen LogP contribution in [0.1, 0.15) is 12.8 Å². The molecule has 4 heterocycles. The van der Waals surface area contributed by atoms with E-state index in [1.54, 1.807) is 23.6 Å². The molecule has 0 bridgehead atoms. The standard InChI is InChI=1S/C21H23N5O5S3/c27-20(15-3-1-7-25(14-15)34(30,31)19-4-2-12-32-19)23-8-10-24(11-9-23)21-22-17-6-5-16(26(28)29)13-18(17)33-21/h2,4-6,12-13,15H,1,3,7-11,14H2. The van der Waals surface area contributed by atoms with E-state index in [1.165, 1.54) is 39.1 Å². The molecule has 0 spiro atoms. The van der Waals surface area contributed by atoms with Crippen LogP contribution < -0.4 is 4.90 Å². The molecule has 2 aromatic heterocycles. The lowest BCUT2D eigenvalue weighted by Crippen LogP contribution is -2.53. The fraction of sp³-hybridized carbons (Fsp3) is 0.429. The van der Waals surface area contributed by atoms with E-state index in [0.29, 0.717) is 49.8 Å². The van der Waals surface area contributed by atoms with Crippen molar-refractivity contribution in [2.75, 3.05) is 44.2 Å². The highest BCUT2D eigenvalue weighted by Crippen LogP contribution is 2.32. The Hall–Kier alpha value is -2.61. The van der Waals surface area contributed by atoms with Gasteiger partial charge in [0.15, 0.2) is 5.13 Å². The average molecular weight is 522 g/mol. The molecule has 34 heavy (non-hydrogen) atoms. The summed E-state index contributed by atoms with van der Waals surface area (Å²) in [6.07, 6.45) is 1.35. The van der Waals surface area contributed by atoms with Crippen LogP contribution >= 0.6 is 22.7 Å². The number of nitrogens with zero attached hydrogens (tertiary/aromatic N) is 5. The molecule has 5 rings (SSSR count). The molecule has 0 saturated carbocycles. The van der Waals surface area contributed by atoms with Gasteiger partial charge in [-0.25, -0.2) is 13.4 Å². The first-order valence-electron chi connectivity index (χ1n) is 11.0. The lowest BCUT2D eigenvalue weighted by molar-refractivity contribution is -0.384. The molecular formula is C21H23N5O5S3. The van der Waals surface area contributed by atoms with E-state index in [0.717, 1.165) is 15.3 Å². The fourth-order valence-electron chi connectivity index (χ4n) is 4.43. The van der Waals surface area contributed by atoms with Gasteiger partial charge in [-0.1, -0.05) is 17.4 Å². The van der Waals surface area contributed by atoms with Crippen LogP contribution in [0.25, 0.3) is 10.2 Å². The Morgan fingerprint density at radius 3 is 2.65 bits per heavy atom. The number of anilines is 1. The molecule has 3 aromatic rings. The number of piperazine rings is 1. The average Bonchev–Trinajstić information content (AvgIpc) is 3.54. The zero-order valence-electron chi connectivity index (χ0n) is 18.2. The SMILES string of the molecule is O=C(C1CCCN(S(=O)(=O)c2cccs2)C1)N1CCN(c2nc3ccc([N+](=O)[O-])cc3s2)CC1. The Morgan fingerprint density at radius 2 is 1.94 bits per heavy atom. The minimum Gasteiger partial charge on any atom is -0.345 e. The smallest absolute Gasteiger partial charge is 0.270 e. The number of aromatic nitrogens is 1. The van der Waals surface area contributed by atoms with Crippen LogP contribution in [0, 0.1) is 16.0 Å². The Labute approximate surface area is 204 Å². The Morgan fingerprint density at radius 1 is 1.15 bits per heavy atom. The molecule has 0 aliphatic carbocycles. The molecular weight excluding hydrogens is 498 g/mol. The van der Waals surface area contributed by atoms with E-state index in [9.17, 15) is 23.3 Å². The molecule has 180 valence electrons. The van der Waals surface area contributed by atoms with E-state index in [4.69, 9.17) is 0 Å². The number of hydrogen-bond acceptors (Lipinski definition) is 9. The molecule has 13 heteroatoms. The number of carbonyl (C=O) groups excluding carboxylic acids is 1. The first-order valence-corrected chi connectivity index (χ1v) is 14.1. The number of hydrogen-bond donors (Lipinski definition) is 0. The molecule has 2 saturated heterocycles. The van der Waals surface area contributed by atoms with E-state index in [-0.39, 0.29) is 24.1 Å². The number of thiazole rings is 1. The number of amides is 1. The number of benzene rings is 1. The van der Waals surface area contributed by atoms with Crippen molar-refractivity contribution >= 4 is 59.6 Å². The summed E-state index contributed by atoms with van der Waals surface area (Å²) in [6.45, 7) is 2.94. The molecule has 2 fully saturated rings. The summed E-state index contributed by atoms with van der Waals surface area (Å²) in [4.78, 5) is 32.3. The third-order valence-corrected chi connectivity index (χ3v) is 10.6. The normalized spacial score (nSPS) is 20.1. The summed E-state index contributed by atoms with van der Waals surface area (Å²) < 4.78 is 28.3. The summed E-state index contributed by atoms with van der Waals surface area (Å²) in [5.74, 6) is -0.330. The van der Waals surface area contributed by atoms with E-state index < -0.39 is 14.9 Å². The van der Waals surface area contributed by atoms with E-state index in [1.807, 2.05) is 4.90 Å². The maximum absolute atomic E-state index is 13.2. The number of piperidine rings is 1. The summed E-state index contributed by atoms with van der Waals surface area (Å²) >= 11 is 2.60. The van der Waals surface area contributed by atoms with Crippen molar-refractivity contribution in [3.63, 3.8) is 0 Å². The van der Waals surface area contributed by atoms with Gasteiger partial charge in [0.25, 0.3) is 15.7 Å². The zero-order valence-corrected chi connectivity index (χ0v) is 20.6. The van der Waals surface area contributed by atoms with Gasteiger partial charge < -0.3 is 9.80 Å². The predicted molar refractivity (Wildman–Crippen MR) is 131 cm³/mol. The molecule has 0 N–H and O–H groups in total. The Balaban J connectivity index is 1.22. The molecule has 10 nitrogen and oxygen atoms in total. The number of sulfonamides is 1. The van der Waals surface area contributed by atoms with Crippen LogP contribution in [0.15, 0.2) is 39.9 Å². The van der Waals surface area contributed by atoms with Crippen LogP contribution in [-0.4, -0.2) is 72.7 Å². The topological polar surface area (TPSA) is 117 Å². The maximum Gasteiger partial charge on any atom is 0.270 e. The highest BCUT2D eigenvalue weighted by molar-refractivity contribution is 7.91. The lowest BCUT2D eigenvalue weighted by atomic mass is 9.98. The fourth-order valence-corrected chi connectivity index (χ4v) is 8.14. The number of carbonyl (C=O) groups is 1. The van der Waals surface area contributed by atoms with Gasteiger partial charge in [0, 0.05) is 51.4 Å². The molecule has 1 aromatic carbocycles. The number of thiophene rings is 1. The number of nitro groups is 1. The summed E-state index contributed by atoms with van der Waals surface area (Å²) in [5, 5.41) is 13.6. The van der Waals surface area contributed by atoms with Crippen LogP contribution in [-0.2, 0) is 14.8 Å². The minimum atomic E-state index is -3.56. The number of non-ortho nitro benzene ring substituents is 1. The second-order valence-corrected chi connectivity index (χ2v) is 12.5. The quantitative estimate of drug-likeness (QED) is 0.374. The van der Waals surface area contributed by atoms with E-state index in [2.05, 4.69) is 9.88 Å². The molecule has 2 aliphatic heterocycles. The first-order chi connectivity index (χ1) is 16.3. The van der Waals surface area contributed by atoms with Gasteiger partial charge in [0.2, 0.25) is 5.91 Å². The van der Waals surface area contributed by atoms with Gasteiger partial charge in [-0.3, -0.25) is 14.9 Å². The molecule has 1 unspecified atom stereocenters. The number of fused-ring (bicyclic) bond motifs is 1. The maximum atomic E-state index is 13.2. The van der Waals surface area contributed by atoms with Gasteiger partial charge in [-0.05, 0) is 30.4 Å². The van der Waals surface area contributed by atoms with E-state index >= 15 is 0 Å². The monoisotopic (exact) mass is 521 g/mol. The van der Waals surface area contributed by atoms with Crippen molar-refractivity contribution in [3.8, 4) is 0 Å². The van der Waals surface area contributed by atoms with Crippen molar-refractivity contribution in [2.45, 2.75) is 17.1 Å². The van der Waals surface area contributed by atoms with Crippen LogP contribution in [0.5, 0.6) is 0 Å². The number of nitro benzene ring substituents is 1. The lowest BCUT2D eigenvalue weighted by Gasteiger charge is -2.38. The Bertz CT molecular complexity index is 1320. The first kappa shape index (κ1) is 23.1. The third-order valence-electron chi connectivity index (χ3n) is 6.26. The largest absolute Gasteiger partial charge is 0.345 e. The van der Waals surface area contributed by atoms with Gasteiger partial charge in [0.05, 0.1) is 21.1 Å². The molecule has 1 atom stereocenters. The summed E-state index contributed by atoms with van der Waals surface area (Å²) in [5.41, 5.74) is 0.763. The van der Waals surface area contributed by atoms with Crippen LogP contribution in [0.3, 0.4) is 0 Å². The van der Waals surface area contributed by atoms with Crippen molar-refractivity contribution in [1.82, 2.24) is 14.2 Å². The molecule has 0 radical (unpaired) electrons. The van der Waals surface area contributed by atoms with Gasteiger partial charge >= 0.3 is 0 Å². The summed E-state index contributed by atoms with van der Waals surface area (Å²) in [7, 11) is -3.56. The van der Waals surface area contributed by atoms with Gasteiger partial charge in [0.1, 0.15) is 4.21 Å². The van der Waals surface area contributed by atoms with Crippen molar-refractivity contribution in [2.24, 2.45) is 5.92 Å². The van der Waals surface area contributed by atoms with Gasteiger partial charge in [-0.2, -0.15) is 4.31 Å². The predicted octanol–water partition coefficient (Wildman–Crippen LogP) is 3.02. The summed E-state index contributed by atoms with van der Waals surface area (Å²) in [6, 6.07) is 7.97. The van der Waals surface area contributed by atoms with Crippen molar-refractivity contribution in [3.05, 3.63) is 45.8 Å². The number of rotatable bonds is 5. The highest BCUT2D eigenvalue weighted by Gasteiger charge is 2.36.